The average Bonchev–Trinajstić information content (AvgIpc) is 2.91. The number of amides is 3. The monoisotopic (exact) mass is 490 g/mol. The molecule has 8 heteroatoms. The number of likely N-dealkylation sites (tertiary alicyclic amines) is 1. The largest absolute Gasteiger partial charge is 0.495 e. The van der Waals surface area contributed by atoms with Crippen LogP contribution in [0, 0.1) is 6.92 Å². The minimum Gasteiger partial charge on any atom is -0.495 e. The molecule has 0 aromatic heterocycles. The lowest BCUT2D eigenvalue weighted by Crippen LogP contribution is -2.56. The van der Waals surface area contributed by atoms with E-state index in [1.165, 1.54) is 0 Å². The van der Waals surface area contributed by atoms with Gasteiger partial charge in [-0.15, -0.1) is 0 Å². The SMILES string of the molecule is COc1ccc(C)cc1NC(=O)CN1C(=O)C2CCCCN2c2ccc(C(=O)N3CCCCC3)cc21. The van der Waals surface area contributed by atoms with E-state index >= 15 is 0 Å². The number of nitrogens with one attached hydrogen (secondary N) is 1. The molecule has 3 aliphatic rings. The van der Waals surface area contributed by atoms with Crippen LogP contribution in [0.4, 0.5) is 17.1 Å². The summed E-state index contributed by atoms with van der Waals surface area (Å²) in [7, 11) is 1.56. The van der Waals surface area contributed by atoms with Crippen LogP contribution < -0.4 is 19.9 Å². The molecule has 3 aliphatic heterocycles. The quantitative estimate of drug-likeness (QED) is 0.686. The highest BCUT2D eigenvalue weighted by Gasteiger charge is 2.40. The van der Waals surface area contributed by atoms with Gasteiger partial charge >= 0.3 is 0 Å². The maximum absolute atomic E-state index is 13.7. The summed E-state index contributed by atoms with van der Waals surface area (Å²) >= 11 is 0. The number of nitrogens with zero attached hydrogens (tertiary/aromatic N) is 3. The summed E-state index contributed by atoms with van der Waals surface area (Å²) in [6, 6.07) is 10.9. The standard InChI is InChI=1S/C28H34N4O4/c1-19-9-12-25(36-2)21(16-19)29-26(33)18-32-24-17-20(27(34)30-13-5-3-6-14-30)10-11-22(24)31-15-7-4-8-23(31)28(32)35/h9-12,16-17,23H,3-8,13-15,18H2,1-2H3,(H,29,33). The molecule has 1 N–H and O–H groups in total. The van der Waals surface area contributed by atoms with Crippen LogP contribution in [0.1, 0.15) is 54.4 Å². The summed E-state index contributed by atoms with van der Waals surface area (Å²) in [5.74, 6) is 0.151. The minimum atomic E-state index is -0.310. The summed E-state index contributed by atoms with van der Waals surface area (Å²) in [5, 5.41) is 2.92. The molecule has 1 atom stereocenters. The Morgan fingerprint density at radius 1 is 0.972 bits per heavy atom. The van der Waals surface area contributed by atoms with Gasteiger partial charge in [0.2, 0.25) is 11.8 Å². The van der Waals surface area contributed by atoms with E-state index in [1.807, 2.05) is 42.2 Å². The average molecular weight is 491 g/mol. The van der Waals surface area contributed by atoms with E-state index in [-0.39, 0.29) is 30.3 Å². The molecule has 36 heavy (non-hydrogen) atoms. The highest BCUT2D eigenvalue weighted by atomic mass is 16.5. The third kappa shape index (κ3) is 4.64. The zero-order chi connectivity index (χ0) is 25.2. The molecule has 2 aromatic carbocycles. The van der Waals surface area contributed by atoms with Gasteiger partial charge in [-0.3, -0.25) is 19.3 Å². The Bertz CT molecular complexity index is 1170. The van der Waals surface area contributed by atoms with Crippen LogP contribution in [0.15, 0.2) is 36.4 Å². The van der Waals surface area contributed by atoms with Gasteiger partial charge in [-0.1, -0.05) is 6.07 Å². The number of methoxy groups -OCH3 is 1. The number of aryl methyl sites for hydroxylation is 1. The maximum Gasteiger partial charge on any atom is 0.253 e. The molecule has 0 saturated carbocycles. The summed E-state index contributed by atoms with van der Waals surface area (Å²) in [6.45, 7) is 4.12. The van der Waals surface area contributed by atoms with Crippen molar-refractivity contribution < 1.29 is 19.1 Å². The fraction of sp³-hybridized carbons (Fsp3) is 0.464. The number of hydrogen-bond donors (Lipinski definition) is 1. The van der Waals surface area contributed by atoms with Gasteiger partial charge in [0.25, 0.3) is 5.91 Å². The molecule has 0 bridgehead atoms. The number of anilines is 3. The lowest BCUT2D eigenvalue weighted by atomic mass is 9.95. The van der Waals surface area contributed by atoms with Gasteiger partial charge in [-0.2, -0.15) is 0 Å². The highest BCUT2D eigenvalue weighted by molar-refractivity contribution is 6.11. The topological polar surface area (TPSA) is 82.2 Å². The normalized spacial score (nSPS) is 19.4. The molecule has 3 amide bonds. The molecule has 2 aromatic rings. The van der Waals surface area contributed by atoms with E-state index in [2.05, 4.69) is 10.2 Å². The van der Waals surface area contributed by atoms with Gasteiger partial charge in [-0.25, -0.2) is 0 Å². The first-order valence-electron chi connectivity index (χ1n) is 12.9. The van der Waals surface area contributed by atoms with Gasteiger partial charge in [0.05, 0.1) is 24.2 Å². The van der Waals surface area contributed by atoms with Crippen molar-refractivity contribution in [2.45, 2.75) is 51.5 Å². The third-order valence-electron chi connectivity index (χ3n) is 7.45. The van der Waals surface area contributed by atoms with Gasteiger partial charge in [0, 0.05) is 25.2 Å². The molecular weight excluding hydrogens is 456 g/mol. The highest BCUT2D eigenvalue weighted by Crippen LogP contribution is 2.40. The predicted molar refractivity (Wildman–Crippen MR) is 140 cm³/mol. The first kappa shape index (κ1) is 24.2. The van der Waals surface area contributed by atoms with Crippen molar-refractivity contribution in [1.29, 1.82) is 0 Å². The van der Waals surface area contributed by atoms with E-state index in [9.17, 15) is 14.4 Å². The van der Waals surface area contributed by atoms with E-state index in [0.29, 0.717) is 22.7 Å². The van der Waals surface area contributed by atoms with Gasteiger partial charge < -0.3 is 19.9 Å². The summed E-state index contributed by atoms with van der Waals surface area (Å²) in [4.78, 5) is 45.7. The van der Waals surface area contributed by atoms with E-state index in [0.717, 1.165) is 69.4 Å². The van der Waals surface area contributed by atoms with E-state index in [4.69, 9.17) is 4.74 Å². The molecule has 2 fully saturated rings. The molecule has 5 rings (SSSR count). The van der Waals surface area contributed by atoms with Crippen molar-refractivity contribution >= 4 is 34.8 Å². The number of carbonyl (C=O) groups is 3. The predicted octanol–water partition coefficient (Wildman–Crippen LogP) is 3.97. The number of carbonyl (C=O) groups excluding carboxylic acids is 3. The Morgan fingerprint density at radius 3 is 2.53 bits per heavy atom. The second-order valence-corrected chi connectivity index (χ2v) is 9.94. The second-order valence-electron chi connectivity index (χ2n) is 9.94. The van der Waals surface area contributed by atoms with Crippen LogP contribution in [-0.2, 0) is 9.59 Å². The number of rotatable bonds is 5. The number of benzene rings is 2. The molecule has 2 saturated heterocycles. The van der Waals surface area contributed by atoms with Gasteiger partial charge in [0.15, 0.2) is 0 Å². The smallest absolute Gasteiger partial charge is 0.253 e. The Kier molecular flexibility index (Phi) is 6.85. The Morgan fingerprint density at radius 2 is 1.75 bits per heavy atom. The molecule has 0 aliphatic carbocycles. The molecule has 1 unspecified atom stereocenters. The maximum atomic E-state index is 13.7. The Labute approximate surface area is 212 Å². The van der Waals surface area contributed by atoms with Crippen molar-refractivity contribution in [2.75, 3.05) is 48.4 Å². The first-order valence-corrected chi connectivity index (χ1v) is 12.9. The van der Waals surface area contributed by atoms with E-state index in [1.54, 1.807) is 18.1 Å². The molecule has 3 heterocycles. The molecular formula is C28H34N4O4. The van der Waals surface area contributed by atoms with Crippen LogP contribution in [0.2, 0.25) is 0 Å². The van der Waals surface area contributed by atoms with Crippen molar-refractivity contribution in [3.8, 4) is 5.75 Å². The number of piperidine rings is 2. The van der Waals surface area contributed by atoms with Crippen LogP contribution in [0.3, 0.4) is 0 Å². The molecule has 8 nitrogen and oxygen atoms in total. The van der Waals surface area contributed by atoms with Crippen molar-refractivity contribution in [1.82, 2.24) is 4.90 Å². The Balaban J connectivity index is 1.45. The first-order chi connectivity index (χ1) is 17.5. The zero-order valence-electron chi connectivity index (χ0n) is 21.1. The van der Waals surface area contributed by atoms with Crippen molar-refractivity contribution in [3.05, 3.63) is 47.5 Å². The zero-order valence-corrected chi connectivity index (χ0v) is 21.1. The number of hydrogen-bond acceptors (Lipinski definition) is 5. The van der Waals surface area contributed by atoms with Gasteiger partial charge in [-0.05, 0) is 81.3 Å². The van der Waals surface area contributed by atoms with Crippen molar-refractivity contribution in [3.63, 3.8) is 0 Å². The number of fused-ring (bicyclic) bond motifs is 3. The van der Waals surface area contributed by atoms with Crippen LogP contribution in [0.5, 0.6) is 5.75 Å². The summed E-state index contributed by atoms with van der Waals surface area (Å²) in [5.41, 5.74) is 3.66. The molecule has 0 spiro atoms. The fourth-order valence-electron chi connectivity index (χ4n) is 5.59. The second kappa shape index (κ2) is 10.2. The van der Waals surface area contributed by atoms with Crippen molar-refractivity contribution in [2.24, 2.45) is 0 Å². The molecule has 190 valence electrons. The fourth-order valence-corrected chi connectivity index (χ4v) is 5.59. The molecule has 0 radical (unpaired) electrons. The minimum absolute atomic E-state index is 0.0142. The summed E-state index contributed by atoms with van der Waals surface area (Å²) in [6.07, 6.45) is 5.93. The van der Waals surface area contributed by atoms with Crippen LogP contribution in [-0.4, -0.2) is 62.0 Å². The van der Waals surface area contributed by atoms with E-state index < -0.39 is 0 Å². The lowest BCUT2D eigenvalue weighted by Gasteiger charge is -2.45. The third-order valence-corrected chi connectivity index (χ3v) is 7.45. The van der Waals surface area contributed by atoms with Crippen LogP contribution in [0.25, 0.3) is 0 Å². The Hall–Kier alpha value is -3.55. The van der Waals surface area contributed by atoms with Crippen LogP contribution >= 0.6 is 0 Å². The van der Waals surface area contributed by atoms with Gasteiger partial charge in [0.1, 0.15) is 18.3 Å². The number of ether oxygens (including phenoxy) is 1. The summed E-state index contributed by atoms with van der Waals surface area (Å²) < 4.78 is 5.39. The lowest BCUT2D eigenvalue weighted by molar-refractivity contribution is -0.123.